The number of rotatable bonds is 7. The molecule has 166 valence electrons. The average Bonchev–Trinajstić information content (AvgIpc) is 2.79. The van der Waals surface area contributed by atoms with Crippen LogP contribution in [0.15, 0.2) is 72.3 Å². The lowest BCUT2D eigenvalue weighted by Gasteiger charge is -2.11. The van der Waals surface area contributed by atoms with Crippen molar-refractivity contribution in [3.8, 4) is 11.8 Å². The van der Waals surface area contributed by atoms with E-state index in [9.17, 15) is 14.9 Å². The number of aryl methyl sites for hydroxylation is 1. The fourth-order valence-electron chi connectivity index (χ4n) is 2.88. The minimum Gasteiger partial charge on any atom is -0.481 e. The number of carbonyl (C=O) groups is 2. The van der Waals surface area contributed by atoms with Crippen LogP contribution in [0.2, 0.25) is 10.0 Å². The molecule has 0 bridgehead atoms. The Bertz CT molecular complexity index is 1230. The Balaban J connectivity index is 1.71. The summed E-state index contributed by atoms with van der Waals surface area (Å²) in [5.74, 6) is -0.810. The molecule has 0 aromatic heterocycles. The van der Waals surface area contributed by atoms with Crippen molar-refractivity contribution < 1.29 is 14.3 Å². The molecule has 2 N–H and O–H groups in total. The maximum Gasteiger partial charge on any atom is 0.266 e. The number of hydrogen-bond donors (Lipinski definition) is 2. The SMILES string of the molecule is Cc1ccccc1NC(=O)/C(C#N)=C\c1cc(Cl)c(OCC(=O)Nc2ccccc2)c(Cl)c1. The highest BCUT2D eigenvalue weighted by atomic mass is 35.5. The Morgan fingerprint density at radius 2 is 1.64 bits per heavy atom. The van der Waals surface area contributed by atoms with Crippen LogP contribution >= 0.6 is 23.2 Å². The number of hydrogen-bond acceptors (Lipinski definition) is 4. The van der Waals surface area contributed by atoms with Crippen LogP contribution in [0.4, 0.5) is 11.4 Å². The molecule has 6 nitrogen and oxygen atoms in total. The summed E-state index contributed by atoms with van der Waals surface area (Å²) < 4.78 is 5.49. The number of nitriles is 1. The smallest absolute Gasteiger partial charge is 0.266 e. The molecule has 3 aromatic carbocycles. The van der Waals surface area contributed by atoms with Gasteiger partial charge in [0, 0.05) is 11.4 Å². The minimum absolute atomic E-state index is 0.124. The summed E-state index contributed by atoms with van der Waals surface area (Å²) in [5.41, 5.74) is 2.42. The highest BCUT2D eigenvalue weighted by molar-refractivity contribution is 6.37. The standard InChI is InChI=1S/C25H19Cl2N3O3/c1-16-7-5-6-10-22(16)30-25(32)18(14-28)11-17-12-20(26)24(21(27)13-17)33-15-23(31)29-19-8-3-2-4-9-19/h2-13H,15H2,1H3,(H,29,31)(H,30,32)/b18-11-. The summed E-state index contributed by atoms with van der Waals surface area (Å²) in [5, 5.41) is 15.1. The van der Waals surface area contributed by atoms with Crippen LogP contribution in [0.1, 0.15) is 11.1 Å². The van der Waals surface area contributed by atoms with E-state index in [1.807, 2.05) is 31.2 Å². The molecule has 0 radical (unpaired) electrons. The van der Waals surface area contributed by atoms with Crippen LogP contribution in [-0.2, 0) is 9.59 Å². The number of para-hydroxylation sites is 2. The molecule has 0 aliphatic rings. The summed E-state index contributed by atoms with van der Waals surface area (Å²) >= 11 is 12.6. The van der Waals surface area contributed by atoms with Crippen molar-refractivity contribution in [2.75, 3.05) is 17.2 Å². The molecule has 8 heteroatoms. The fraction of sp³-hybridized carbons (Fsp3) is 0.0800. The van der Waals surface area contributed by atoms with Crippen LogP contribution < -0.4 is 15.4 Å². The van der Waals surface area contributed by atoms with Crippen molar-refractivity contribution in [1.82, 2.24) is 0 Å². The van der Waals surface area contributed by atoms with E-state index in [0.717, 1.165) is 5.56 Å². The van der Waals surface area contributed by atoms with Crippen LogP contribution in [0.25, 0.3) is 6.08 Å². The van der Waals surface area contributed by atoms with E-state index in [2.05, 4.69) is 10.6 Å². The largest absolute Gasteiger partial charge is 0.481 e. The summed E-state index contributed by atoms with van der Waals surface area (Å²) in [6, 6.07) is 21.1. The van der Waals surface area contributed by atoms with Gasteiger partial charge in [-0.1, -0.05) is 59.6 Å². The van der Waals surface area contributed by atoms with Crippen molar-refractivity contribution in [3.63, 3.8) is 0 Å². The van der Waals surface area contributed by atoms with Gasteiger partial charge >= 0.3 is 0 Å². The minimum atomic E-state index is -0.558. The number of benzene rings is 3. The normalized spacial score (nSPS) is 10.8. The van der Waals surface area contributed by atoms with Crippen LogP contribution in [0.3, 0.4) is 0 Å². The molecule has 3 rings (SSSR count). The summed E-state index contributed by atoms with van der Waals surface area (Å²) in [4.78, 5) is 24.6. The van der Waals surface area contributed by atoms with E-state index in [0.29, 0.717) is 16.9 Å². The van der Waals surface area contributed by atoms with E-state index in [4.69, 9.17) is 27.9 Å². The lowest BCUT2D eigenvalue weighted by atomic mass is 10.1. The molecule has 0 saturated carbocycles. The second kappa shape index (κ2) is 11.2. The number of ether oxygens (including phenoxy) is 1. The van der Waals surface area contributed by atoms with Gasteiger partial charge in [0.25, 0.3) is 11.8 Å². The molecule has 0 aliphatic heterocycles. The van der Waals surface area contributed by atoms with Gasteiger partial charge in [0.15, 0.2) is 12.4 Å². The van der Waals surface area contributed by atoms with Gasteiger partial charge in [-0.05, 0) is 54.5 Å². The van der Waals surface area contributed by atoms with Gasteiger partial charge in [0.05, 0.1) is 10.0 Å². The first-order chi connectivity index (χ1) is 15.9. The van der Waals surface area contributed by atoms with E-state index >= 15 is 0 Å². The molecule has 0 atom stereocenters. The number of nitrogens with one attached hydrogen (secondary N) is 2. The number of amides is 2. The molecule has 3 aromatic rings. The third-order valence-electron chi connectivity index (χ3n) is 4.50. The Kier molecular flexibility index (Phi) is 8.09. The highest BCUT2D eigenvalue weighted by Crippen LogP contribution is 2.35. The van der Waals surface area contributed by atoms with Gasteiger partial charge in [-0.25, -0.2) is 0 Å². The quantitative estimate of drug-likeness (QED) is 0.327. The topological polar surface area (TPSA) is 91.2 Å². The van der Waals surface area contributed by atoms with Gasteiger partial charge < -0.3 is 15.4 Å². The van der Waals surface area contributed by atoms with Crippen molar-refractivity contribution in [1.29, 1.82) is 5.26 Å². The first-order valence-electron chi connectivity index (χ1n) is 9.83. The maximum atomic E-state index is 12.5. The second-order valence-corrected chi connectivity index (χ2v) is 7.77. The van der Waals surface area contributed by atoms with Gasteiger partial charge in [0.1, 0.15) is 11.6 Å². The van der Waals surface area contributed by atoms with Crippen molar-refractivity contribution in [3.05, 3.63) is 93.5 Å². The van der Waals surface area contributed by atoms with E-state index in [1.54, 1.807) is 36.4 Å². The van der Waals surface area contributed by atoms with E-state index in [1.165, 1.54) is 18.2 Å². The first kappa shape index (κ1) is 23.9. The molecular weight excluding hydrogens is 461 g/mol. The van der Waals surface area contributed by atoms with E-state index in [-0.39, 0.29) is 33.9 Å². The number of nitrogens with zero attached hydrogens (tertiary/aromatic N) is 1. The molecule has 0 heterocycles. The molecule has 0 saturated heterocycles. The van der Waals surface area contributed by atoms with E-state index < -0.39 is 5.91 Å². The Labute approximate surface area is 201 Å². The zero-order valence-corrected chi connectivity index (χ0v) is 19.1. The van der Waals surface area contributed by atoms with Crippen LogP contribution in [0, 0.1) is 18.3 Å². The molecule has 0 unspecified atom stereocenters. The van der Waals surface area contributed by atoms with Gasteiger partial charge in [-0.2, -0.15) is 5.26 Å². The third kappa shape index (κ3) is 6.59. The predicted octanol–water partition coefficient (Wildman–Crippen LogP) is 5.87. The van der Waals surface area contributed by atoms with Gasteiger partial charge in [0.2, 0.25) is 0 Å². The molecule has 0 fully saturated rings. The zero-order chi connectivity index (χ0) is 23.8. The lowest BCUT2D eigenvalue weighted by molar-refractivity contribution is -0.118. The van der Waals surface area contributed by atoms with Crippen LogP contribution in [0.5, 0.6) is 5.75 Å². The summed E-state index contributed by atoms with van der Waals surface area (Å²) in [6.07, 6.45) is 1.37. The number of halogens is 2. The molecular formula is C25H19Cl2N3O3. The summed E-state index contributed by atoms with van der Waals surface area (Å²) in [6.45, 7) is 1.55. The number of anilines is 2. The fourth-order valence-corrected chi connectivity index (χ4v) is 3.49. The number of carbonyl (C=O) groups excluding carboxylic acids is 2. The monoisotopic (exact) mass is 479 g/mol. The van der Waals surface area contributed by atoms with Crippen molar-refractivity contribution in [2.24, 2.45) is 0 Å². The highest BCUT2D eigenvalue weighted by Gasteiger charge is 2.14. The molecule has 2 amide bonds. The second-order valence-electron chi connectivity index (χ2n) is 6.96. The molecule has 0 aliphatic carbocycles. The van der Waals surface area contributed by atoms with Crippen molar-refractivity contribution >= 4 is 52.5 Å². The maximum absolute atomic E-state index is 12.5. The van der Waals surface area contributed by atoms with Crippen LogP contribution in [-0.4, -0.2) is 18.4 Å². The third-order valence-corrected chi connectivity index (χ3v) is 5.06. The molecule has 0 spiro atoms. The Hall–Kier alpha value is -3.79. The first-order valence-corrected chi connectivity index (χ1v) is 10.6. The van der Waals surface area contributed by atoms with Gasteiger partial charge in [-0.15, -0.1) is 0 Å². The zero-order valence-electron chi connectivity index (χ0n) is 17.6. The lowest BCUT2D eigenvalue weighted by Crippen LogP contribution is -2.20. The Morgan fingerprint density at radius 1 is 1.00 bits per heavy atom. The summed E-state index contributed by atoms with van der Waals surface area (Å²) in [7, 11) is 0. The average molecular weight is 480 g/mol. The molecule has 33 heavy (non-hydrogen) atoms. The Morgan fingerprint density at radius 3 is 2.27 bits per heavy atom. The van der Waals surface area contributed by atoms with Crippen molar-refractivity contribution in [2.45, 2.75) is 6.92 Å². The van der Waals surface area contributed by atoms with Gasteiger partial charge in [-0.3, -0.25) is 9.59 Å². The predicted molar refractivity (Wildman–Crippen MR) is 130 cm³/mol.